The number of hydrogen-bond donors (Lipinski definition) is 1. The molecule has 0 fully saturated rings. The molecule has 0 saturated carbocycles. The summed E-state index contributed by atoms with van der Waals surface area (Å²) in [6.07, 6.45) is -2.19. The van der Waals surface area contributed by atoms with Crippen LogP contribution in [0.1, 0.15) is 6.30 Å². The Balaban J connectivity index is 2.58. The Kier molecular flexibility index (Phi) is 1.88. The van der Waals surface area contributed by atoms with Crippen LogP contribution in [0.15, 0.2) is 24.3 Å². The minimum atomic E-state index is -2.19. The van der Waals surface area contributed by atoms with Gasteiger partial charge in [-0.2, -0.15) is 0 Å². The fraction of sp³-hybridized carbons (Fsp3) is 0.125. The molecule has 1 heterocycles. The maximum Gasteiger partial charge on any atom is 0.361 e. The molecule has 2 rings (SSSR count). The number of aliphatic carboxylic acids is 1. The van der Waals surface area contributed by atoms with Gasteiger partial charge in [-0.05, 0) is 12.1 Å². The summed E-state index contributed by atoms with van der Waals surface area (Å²) in [5, 5.41) is 15.5. The van der Waals surface area contributed by atoms with Crippen molar-refractivity contribution >= 4 is 17.0 Å². The molecule has 2 aromatic rings. The molecule has 1 aromatic carbocycles. The third-order valence-electron chi connectivity index (χ3n) is 1.80. The molecule has 0 spiro atoms. The lowest BCUT2D eigenvalue weighted by Crippen LogP contribution is -2.15. The zero-order chi connectivity index (χ0) is 10.1. The van der Waals surface area contributed by atoms with Gasteiger partial charge in [-0.15, -0.1) is 5.10 Å². The molecule has 72 valence electrons. The molecule has 1 atom stereocenters. The average Bonchev–Trinajstić information content (AvgIpc) is 2.60. The lowest BCUT2D eigenvalue weighted by atomic mass is 10.3. The van der Waals surface area contributed by atoms with Gasteiger partial charge in [-0.25, -0.2) is 13.9 Å². The van der Waals surface area contributed by atoms with Crippen LogP contribution in [0.3, 0.4) is 0 Å². The van der Waals surface area contributed by atoms with Crippen LogP contribution < -0.4 is 0 Å². The van der Waals surface area contributed by atoms with Gasteiger partial charge in [-0.1, -0.05) is 17.3 Å². The smallest absolute Gasteiger partial charge is 0.361 e. The summed E-state index contributed by atoms with van der Waals surface area (Å²) >= 11 is 0. The van der Waals surface area contributed by atoms with Gasteiger partial charge in [0.1, 0.15) is 5.52 Å². The van der Waals surface area contributed by atoms with E-state index in [-0.39, 0.29) is 0 Å². The van der Waals surface area contributed by atoms with Crippen LogP contribution in [-0.2, 0) is 4.79 Å². The number of halogens is 1. The average molecular weight is 195 g/mol. The van der Waals surface area contributed by atoms with E-state index in [9.17, 15) is 9.18 Å². The van der Waals surface area contributed by atoms with Crippen molar-refractivity contribution in [2.24, 2.45) is 0 Å². The van der Waals surface area contributed by atoms with Gasteiger partial charge in [0, 0.05) is 0 Å². The highest BCUT2D eigenvalue weighted by Crippen LogP contribution is 2.16. The Hall–Kier alpha value is -1.98. The Labute approximate surface area is 77.8 Å². The maximum atomic E-state index is 13.1. The van der Waals surface area contributed by atoms with Crippen molar-refractivity contribution in [1.82, 2.24) is 15.0 Å². The van der Waals surface area contributed by atoms with Crippen LogP contribution in [0.2, 0.25) is 0 Å². The van der Waals surface area contributed by atoms with Crippen LogP contribution >= 0.6 is 0 Å². The molecule has 0 radical (unpaired) electrons. The quantitative estimate of drug-likeness (QED) is 0.775. The number of para-hydroxylation sites is 1. The normalized spacial score (nSPS) is 12.9. The molecule has 6 heteroatoms. The third-order valence-corrected chi connectivity index (χ3v) is 1.80. The highest BCUT2D eigenvalue weighted by molar-refractivity contribution is 5.77. The summed E-state index contributed by atoms with van der Waals surface area (Å²) in [6.45, 7) is 0. The number of alkyl halides is 1. The molecule has 0 bridgehead atoms. The lowest BCUT2D eigenvalue weighted by Gasteiger charge is -2.02. The van der Waals surface area contributed by atoms with E-state index in [2.05, 4.69) is 10.3 Å². The first-order valence-corrected chi connectivity index (χ1v) is 3.87. The van der Waals surface area contributed by atoms with E-state index in [0.29, 0.717) is 11.0 Å². The number of carboxylic acid groups (broad SMARTS) is 1. The fourth-order valence-electron chi connectivity index (χ4n) is 1.16. The van der Waals surface area contributed by atoms with Crippen molar-refractivity contribution in [3.63, 3.8) is 0 Å². The van der Waals surface area contributed by atoms with Crippen molar-refractivity contribution in [2.75, 3.05) is 0 Å². The Morgan fingerprint density at radius 1 is 1.50 bits per heavy atom. The minimum Gasteiger partial charge on any atom is -0.478 e. The summed E-state index contributed by atoms with van der Waals surface area (Å²) in [6, 6.07) is 6.57. The monoisotopic (exact) mass is 195 g/mol. The van der Waals surface area contributed by atoms with E-state index < -0.39 is 12.3 Å². The van der Waals surface area contributed by atoms with Crippen molar-refractivity contribution in [1.29, 1.82) is 0 Å². The van der Waals surface area contributed by atoms with E-state index >= 15 is 0 Å². The number of hydrogen-bond acceptors (Lipinski definition) is 3. The predicted molar refractivity (Wildman–Crippen MR) is 45.3 cm³/mol. The maximum absolute atomic E-state index is 13.1. The summed E-state index contributed by atoms with van der Waals surface area (Å²) in [7, 11) is 0. The van der Waals surface area contributed by atoms with Crippen molar-refractivity contribution < 1.29 is 14.3 Å². The van der Waals surface area contributed by atoms with Crippen molar-refractivity contribution in [3.05, 3.63) is 24.3 Å². The third kappa shape index (κ3) is 1.20. The lowest BCUT2D eigenvalue weighted by molar-refractivity contribution is -0.146. The molecule has 0 saturated heterocycles. The molecular weight excluding hydrogens is 189 g/mol. The molecule has 1 aromatic heterocycles. The van der Waals surface area contributed by atoms with Gasteiger partial charge in [0.2, 0.25) is 0 Å². The summed E-state index contributed by atoms with van der Waals surface area (Å²) in [5.74, 6) is -1.58. The molecule has 0 aliphatic carbocycles. The second kappa shape index (κ2) is 3.06. The SMILES string of the molecule is O=C(O)C(F)n1nnc2ccccc21. The van der Waals surface area contributed by atoms with Crippen LogP contribution in [0, 0.1) is 0 Å². The first-order valence-electron chi connectivity index (χ1n) is 3.87. The number of carboxylic acids is 1. The van der Waals surface area contributed by atoms with Gasteiger partial charge in [-0.3, -0.25) is 0 Å². The number of aromatic nitrogens is 3. The minimum absolute atomic E-state index is 0.363. The zero-order valence-corrected chi connectivity index (χ0v) is 6.96. The first kappa shape index (κ1) is 8.61. The molecule has 5 nitrogen and oxygen atoms in total. The Morgan fingerprint density at radius 2 is 2.21 bits per heavy atom. The van der Waals surface area contributed by atoms with Gasteiger partial charge in [0.15, 0.2) is 0 Å². The van der Waals surface area contributed by atoms with Crippen molar-refractivity contribution in [2.45, 2.75) is 6.30 Å². The first-order chi connectivity index (χ1) is 6.70. The summed E-state index contributed by atoms with van der Waals surface area (Å²) in [5.41, 5.74) is 0.832. The Bertz CT molecular complexity index is 482. The van der Waals surface area contributed by atoms with Gasteiger partial charge < -0.3 is 5.11 Å². The van der Waals surface area contributed by atoms with Gasteiger partial charge in [0.05, 0.1) is 5.52 Å². The molecule has 1 N–H and O–H groups in total. The van der Waals surface area contributed by atoms with Gasteiger partial charge >= 0.3 is 5.97 Å². The predicted octanol–water partition coefficient (Wildman–Crippen LogP) is 0.984. The Morgan fingerprint density at radius 3 is 2.93 bits per heavy atom. The number of benzene rings is 1. The number of rotatable bonds is 2. The molecule has 0 aliphatic rings. The molecule has 0 amide bonds. The summed E-state index contributed by atoms with van der Waals surface area (Å²) in [4.78, 5) is 10.4. The highest BCUT2D eigenvalue weighted by Gasteiger charge is 2.21. The highest BCUT2D eigenvalue weighted by atomic mass is 19.1. The molecular formula is C8H6FN3O2. The second-order valence-electron chi connectivity index (χ2n) is 2.70. The summed E-state index contributed by atoms with van der Waals surface area (Å²) < 4.78 is 13.8. The van der Waals surface area contributed by atoms with Gasteiger partial charge in [0.25, 0.3) is 6.30 Å². The van der Waals surface area contributed by atoms with Crippen LogP contribution in [-0.4, -0.2) is 26.1 Å². The molecule has 1 unspecified atom stereocenters. The second-order valence-corrected chi connectivity index (χ2v) is 2.70. The molecule has 14 heavy (non-hydrogen) atoms. The van der Waals surface area contributed by atoms with Crippen LogP contribution in [0.5, 0.6) is 0 Å². The largest absolute Gasteiger partial charge is 0.478 e. The fourth-order valence-corrected chi connectivity index (χ4v) is 1.16. The van der Waals surface area contributed by atoms with Crippen molar-refractivity contribution in [3.8, 4) is 0 Å². The zero-order valence-electron chi connectivity index (χ0n) is 6.96. The van der Waals surface area contributed by atoms with Crippen LogP contribution in [0.25, 0.3) is 11.0 Å². The van der Waals surface area contributed by atoms with E-state index in [4.69, 9.17) is 5.11 Å². The number of nitrogens with zero attached hydrogens (tertiary/aromatic N) is 3. The van der Waals surface area contributed by atoms with E-state index in [1.807, 2.05) is 0 Å². The van der Waals surface area contributed by atoms with E-state index in [0.717, 1.165) is 4.68 Å². The van der Waals surface area contributed by atoms with E-state index in [1.165, 1.54) is 0 Å². The van der Waals surface area contributed by atoms with E-state index in [1.54, 1.807) is 24.3 Å². The molecule has 0 aliphatic heterocycles. The van der Waals surface area contributed by atoms with Crippen LogP contribution in [0.4, 0.5) is 4.39 Å². The number of fused-ring (bicyclic) bond motifs is 1. The number of carbonyl (C=O) groups is 1. The topological polar surface area (TPSA) is 68.0 Å². The standard InChI is InChI=1S/C8H6FN3O2/c9-7(8(13)14)12-6-4-2-1-3-5(6)10-11-12/h1-4,7H,(H,13,14).